The van der Waals surface area contributed by atoms with Crippen molar-refractivity contribution in [3.8, 4) is 39.7 Å². The van der Waals surface area contributed by atoms with E-state index < -0.39 is 0 Å². The normalized spacial score (nSPS) is 11.9. The lowest BCUT2D eigenvalue weighted by Crippen LogP contribution is -2.06. The van der Waals surface area contributed by atoms with Crippen LogP contribution in [0.1, 0.15) is 0 Å². The van der Waals surface area contributed by atoms with Crippen molar-refractivity contribution in [1.29, 1.82) is 0 Å². The molecule has 1 aliphatic heterocycles. The van der Waals surface area contributed by atoms with Gasteiger partial charge in [-0.1, -0.05) is 12.1 Å². The lowest BCUT2D eigenvalue weighted by Gasteiger charge is -2.18. The first-order chi connectivity index (χ1) is 19.9. The number of aromatic hydroxyl groups is 3. The second-order valence-electron chi connectivity index (χ2n) is 10.1. The number of phenolic OH excluding ortho intramolecular Hbond substituents is 3. The molecule has 0 bridgehead atoms. The topological polar surface area (TPSA) is 121 Å². The maximum Gasteiger partial charge on any atom is 0.201 e. The van der Waals surface area contributed by atoms with Crippen LogP contribution in [0.2, 0.25) is 0 Å². The number of hydrogen-bond acceptors (Lipinski definition) is 7. The molecule has 7 nitrogen and oxygen atoms in total. The van der Waals surface area contributed by atoms with Crippen LogP contribution >= 0.6 is 0 Å². The van der Waals surface area contributed by atoms with Crippen molar-refractivity contribution < 1.29 is 24.2 Å². The monoisotopic (exact) mass is 538 g/mol. The van der Waals surface area contributed by atoms with Crippen LogP contribution in [0, 0.1) is 0 Å². The van der Waals surface area contributed by atoms with Crippen LogP contribution in [0.15, 0.2) is 109 Å². The maximum absolute atomic E-state index is 14.2. The molecule has 2 heterocycles. The third-order valence-electron chi connectivity index (χ3n) is 7.65. The molecule has 0 amide bonds. The molecule has 2 aliphatic rings. The van der Waals surface area contributed by atoms with Crippen LogP contribution in [0.25, 0.3) is 76.9 Å². The average molecular weight is 539 g/mol. The van der Waals surface area contributed by atoms with Gasteiger partial charge in [0.1, 0.15) is 39.8 Å². The fourth-order valence-corrected chi connectivity index (χ4v) is 5.87. The van der Waals surface area contributed by atoms with E-state index in [-0.39, 0.29) is 39.1 Å². The predicted molar refractivity (Wildman–Crippen MR) is 158 cm³/mol. The fraction of sp³-hybridized carbons (Fsp3) is 0. The van der Waals surface area contributed by atoms with Crippen LogP contribution in [-0.2, 0) is 0 Å². The quantitative estimate of drug-likeness (QED) is 0.149. The molecule has 1 aromatic heterocycles. The lowest BCUT2D eigenvalue weighted by atomic mass is 9.90. The van der Waals surface area contributed by atoms with Gasteiger partial charge in [-0.15, -0.1) is 0 Å². The van der Waals surface area contributed by atoms with E-state index in [1.807, 2.05) is 12.1 Å². The summed E-state index contributed by atoms with van der Waals surface area (Å²) in [6.07, 6.45) is 0. The van der Waals surface area contributed by atoms with Crippen LogP contribution < -0.4 is 10.9 Å². The van der Waals surface area contributed by atoms with Crippen molar-refractivity contribution in [2.24, 2.45) is 0 Å². The molecule has 0 spiro atoms. The van der Waals surface area contributed by atoms with Gasteiger partial charge in [-0.3, -0.25) is 9.59 Å². The molecule has 0 fully saturated rings. The second kappa shape index (κ2) is 8.09. The Bertz CT molecular complexity index is 2500. The summed E-state index contributed by atoms with van der Waals surface area (Å²) in [7, 11) is 0. The number of benzene rings is 6. The van der Waals surface area contributed by atoms with E-state index in [4.69, 9.17) is 8.83 Å². The summed E-state index contributed by atoms with van der Waals surface area (Å²) in [4.78, 5) is 26.5. The van der Waals surface area contributed by atoms with E-state index in [1.54, 1.807) is 48.5 Å². The van der Waals surface area contributed by atoms with Crippen LogP contribution in [-0.4, -0.2) is 15.3 Å². The van der Waals surface area contributed by atoms with Gasteiger partial charge in [-0.2, -0.15) is 0 Å². The number of fused-ring (bicyclic) bond motifs is 8. The average Bonchev–Trinajstić information content (AvgIpc) is 2.95. The van der Waals surface area contributed by atoms with Gasteiger partial charge < -0.3 is 24.2 Å². The molecule has 0 unspecified atom stereocenters. The summed E-state index contributed by atoms with van der Waals surface area (Å²) in [5, 5.41) is 34.9. The van der Waals surface area contributed by atoms with E-state index in [0.29, 0.717) is 60.5 Å². The third kappa shape index (κ3) is 3.32. The largest absolute Gasteiger partial charge is 0.508 e. The van der Waals surface area contributed by atoms with Gasteiger partial charge in [0.05, 0.1) is 10.8 Å². The summed E-state index contributed by atoms with van der Waals surface area (Å²) in [5.41, 5.74) is 2.05. The van der Waals surface area contributed by atoms with Gasteiger partial charge in [0.2, 0.25) is 5.43 Å². The highest BCUT2D eigenvalue weighted by molar-refractivity contribution is 6.16. The minimum absolute atomic E-state index is 0.0946. The van der Waals surface area contributed by atoms with Crippen molar-refractivity contribution in [2.75, 3.05) is 0 Å². The zero-order chi connectivity index (χ0) is 28.0. The zero-order valence-corrected chi connectivity index (χ0v) is 21.1. The smallest absolute Gasteiger partial charge is 0.201 e. The van der Waals surface area contributed by atoms with E-state index in [2.05, 4.69) is 0 Å². The molecule has 8 rings (SSSR count). The summed E-state index contributed by atoms with van der Waals surface area (Å²) >= 11 is 0. The summed E-state index contributed by atoms with van der Waals surface area (Å²) in [6, 6.07) is 24.2. The van der Waals surface area contributed by atoms with E-state index >= 15 is 0 Å². The van der Waals surface area contributed by atoms with E-state index in [1.165, 1.54) is 30.3 Å². The van der Waals surface area contributed by atoms with E-state index in [9.17, 15) is 24.9 Å². The SMILES string of the molecule is O=c1ccc2c(-c3cc(O)cc4oc5c(ccc6cc(O)ccc65)c(=O)c34)c3ccc4cc(O)ccc4c3oc-2c1. The van der Waals surface area contributed by atoms with E-state index in [0.717, 1.165) is 5.39 Å². The Labute approximate surface area is 229 Å². The molecule has 3 N–H and O–H groups in total. The molecular formula is C34H18O7. The van der Waals surface area contributed by atoms with Crippen LogP contribution in [0.5, 0.6) is 17.2 Å². The molecule has 0 saturated carbocycles. The molecule has 196 valence electrons. The Balaban J connectivity index is 1.57. The van der Waals surface area contributed by atoms with Crippen molar-refractivity contribution >= 4 is 54.5 Å². The summed E-state index contributed by atoms with van der Waals surface area (Å²) in [5.74, 6) is 0.400. The minimum atomic E-state index is -0.292. The minimum Gasteiger partial charge on any atom is -0.508 e. The van der Waals surface area contributed by atoms with Gasteiger partial charge >= 0.3 is 0 Å². The zero-order valence-electron chi connectivity index (χ0n) is 21.1. The molecule has 7 heteroatoms. The van der Waals surface area contributed by atoms with Crippen LogP contribution in [0.4, 0.5) is 0 Å². The Morgan fingerprint density at radius 2 is 1.15 bits per heavy atom. The van der Waals surface area contributed by atoms with Crippen molar-refractivity contribution in [2.45, 2.75) is 0 Å². The Hall–Kier alpha value is -5.82. The first-order valence-electron chi connectivity index (χ1n) is 12.8. The Kier molecular flexibility index (Phi) is 4.56. The van der Waals surface area contributed by atoms with Crippen molar-refractivity contribution in [3.05, 3.63) is 111 Å². The molecule has 1 aliphatic carbocycles. The Morgan fingerprint density at radius 3 is 1.85 bits per heavy atom. The van der Waals surface area contributed by atoms with Gasteiger partial charge in [-0.25, -0.2) is 0 Å². The van der Waals surface area contributed by atoms with Crippen molar-refractivity contribution in [3.63, 3.8) is 0 Å². The molecule has 0 radical (unpaired) electrons. The fourth-order valence-electron chi connectivity index (χ4n) is 5.87. The Morgan fingerprint density at radius 1 is 0.512 bits per heavy atom. The van der Waals surface area contributed by atoms with Gasteiger partial charge in [-0.05, 0) is 77.5 Å². The standard InChI is InChI=1S/C34H18O7/c35-18-3-8-22-16(11-18)1-6-25-30(24-10-5-20(37)14-28(24)40-33(22)25)27-13-21(38)15-29-31(27)32(39)26-7-2-17-12-19(36)4-9-23(17)34(26)41-29/h1-15,35-36,38H. The molecule has 41 heavy (non-hydrogen) atoms. The lowest BCUT2D eigenvalue weighted by molar-refractivity contribution is 0.474. The first-order valence-corrected chi connectivity index (χ1v) is 12.8. The first kappa shape index (κ1) is 23.1. The highest BCUT2D eigenvalue weighted by atomic mass is 16.3. The van der Waals surface area contributed by atoms with Gasteiger partial charge in [0, 0.05) is 45.0 Å². The third-order valence-corrected chi connectivity index (χ3v) is 7.65. The molecular weight excluding hydrogens is 520 g/mol. The molecule has 0 atom stereocenters. The highest BCUT2D eigenvalue weighted by Crippen LogP contribution is 2.45. The summed E-state index contributed by atoms with van der Waals surface area (Å²) < 4.78 is 12.6. The molecule has 5 aromatic carbocycles. The molecule has 6 aromatic rings. The number of hydrogen-bond donors (Lipinski definition) is 3. The number of rotatable bonds is 1. The molecule has 0 saturated heterocycles. The van der Waals surface area contributed by atoms with Gasteiger partial charge in [0.15, 0.2) is 5.43 Å². The highest BCUT2D eigenvalue weighted by Gasteiger charge is 2.24. The predicted octanol–water partition coefficient (Wildman–Crippen LogP) is 7.25. The number of phenols is 3. The maximum atomic E-state index is 14.2. The summed E-state index contributed by atoms with van der Waals surface area (Å²) in [6.45, 7) is 0. The van der Waals surface area contributed by atoms with Crippen LogP contribution in [0.3, 0.4) is 0 Å². The second-order valence-corrected chi connectivity index (χ2v) is 10.1. The van der Waals surface area contributed by atoms with Crippen molar-refractivity contribution in [1.82, 2.24) is 0 Å². The van der Waals surface area contributed by atoms with Gasteiger partial charge in [0.25, 0.3) is 0 Å².